The number of H-pyrrole nitrogens is 1. The Balaban J connectivity index is 1.44. The molecule has 212 valence electrons. The predicted octanol–water partition coefficient (Wildman–Crippen LogP) is 5.45. The van der Waals surface area contributed by atoms with E-state index in [-0.39, 0.29) is 17.7 Å². The van der Waals surface area contributed by atoms with E-state index in [1.165, 1.54) is 6.07 Å². The second-order valence-electron chi connectivity index (χ2n) is 10.8. The van der Waals surface area contributed by atoms with E-state index in [0.717, 1.165) is 59.7 Å². The van der Waals surface area contributed by atoms with Crippen molar-refractivity contribution in [3.63, 3.8) is 0 Å². The summed E-state index contributed by atoms with van der Waals surface area (Å²) >= 11 is 0. The van der Waals surface area contributed by atoms with Crippen LogP contribution in [0, 0.1) is 11.7 Å². The molecule has 1 amide bonds. The standard InChI is InChI=1S/C30H41FN4O4/c1-19(2)26-22-10-9-21(31)18-20(22)13-14-30(26,39-29(36)32-3)15-17-35(4)16-7-8-25-33-27-23(37-5)11-12-24(38-6)28(27)34-25/h9-12,18-19,26H,7-8,13-17H2,1-6H3,(H,32,36)(H,33,34)/t26-,30-/m0/s1. The molecule has 0 saturated heterocycles. The number of imidazole rings is 1. The SMILES string of the molecule is CNC(=O)O[C@]1(CCN(C)CCCc2nc3c(OC)ccc(OC)c3[nH]2)CCc2cc(F)ccc2[C@@H]1C(C)C. The lowest BCUT2D eigenvalue weighted by Gasteiger charge is -2.47. The average Bonchev–Trinajstić information content (AvgIpc) is 3.35. The number of hydrogen-bond donors (Lipinski definition) is 2. The Morgan fingerprint density at radius 3 is 2.64 bits per heavy atom. The second-order valence-corrected chi connectivity index (χ2v) is 10.8. The Kier molecular flexibility index (Phi) is 9.00. The maximum absolute atomic E-state index is 14.0. The molecule has 2 aromatic carbocycles. The van der Waals surface area contributed by atoms with Gasteiger partial charge in [0.2, 0.25) is 0 Å². The van der Waals surface area contributed by atoms with Crippen LogP contribution in [-0.4, -0.2) is 68.0 Å². The molecule has 0 saturated carbocycles. The first-order valence-electron chi connectivity index (χ1n) is 13.7. The maximum atomic E-state index is 14.0. The van der Waals surface area contributed by atoms with Crippen LogP contribution in [0.4, 0.5) is 9.18 Å². The Morgan fingerprint density at radius 2 is 1.95 bits per heavy atom. The largest absolute Gasteiger partial charge is 0.494 e. The summed E-state index contributed by atoms with van der Waals surface area (Å²) in [6, 6.07) is 8.75. The van der Waals surface area contributed by atoms with Crippen molar-refractivity contribution in [2.24, 2.45) is 5.92 Å². The van der Waals surface area contributed by atoms with Crippen LogP contribution >= 0.6 is 0 Å². The number of halogens is 1. The van der Waals surface area contributed by atoms with E-state index in [1.54, 1.807) is 27.3 Å². The molecule has 1 heterocycles. The van der Waals surface area contributed by atoms with Gasteiger partial charge in [0.15, 0.2) is 0 Å². The number of carbonyl (C=O) groups is 1. The number of amides is 1. The molecule has 0 fully saturated rings. The number of nitrogens with one attached hydrogen (secondary N) is 2. The quantitative estimate of drug-likeness (QED) is 0.336. The molecule has 0 bridgehead atoms. The van der Waals surface area contributed by atoms with Gasteiger partial charge in [-0.1, -0.05) is 19.9 Å². The van der Waals surface area contributed by atoms with Gasteiger partial charge in [-0.15, -0.1) is 0 Å². The molecule has 2 N–H and O–H groups in total. The lowest BCUT2D eigenvalue weighted by molar-refractivity contribution is -0.0435. The van der Waals surface area contributed by atoms with Gasteiger partial charge in [-0.2, -0.15) is 0 Å². The van der Waals surface area contributed by atoms with E-state index in [2.05, 4.69) is 36.1 Å². The number of methoxy groups -OCH3 is 2. The van der Waals surface area contributed by atoms with Crippen molar-refractivity contribution in [3.05, 3.63) is 53.1 Å². The Labute approximate surface area is 230 Å². The monoisotopic (exact) mass is 540 g/mol. The van der Waals surface area contributed by atoms with Crippen LogP contribution in [-0.2, 0) is 17.6 Å². The molecule has 0 spiro atoms. The van der Waals surface area contributed by atoms with Gasteiger partial charge in [0.05, 0.1) is 14.2 Å². The zero-order chi connectivity index (χ0) is 28.2. The molecule has 0 aliphatic heterocycles. The van der Waals surface area contributed by atoms with Gasteiger partial charge in [0.1, 0.15) is 39.8 Å². The van der Waals surface area contributed by atoms with Gasteiger partial charge in [-0.25, -0.2) is 14.2 Å². The van der Waals surface area contributed by atoms with E-state index in [1.807, 2.05) is 18.2 Å². The summed E-state index contributed by atoms with van der Waals surface area (Å²) in [6.45, 7) is 5.91. The first-order valence-corrected chi connectivity index (χ1v) is 13.7. The fourth-order valence-corrected chi connectivity index (χ4v) is 6.08. The van der Waals surface area contributed by atoms with Crippen LogP contribution in [0.2, 0.25) is 0 Å². The summed E-state index contributed by atoms with van der Waals surface area (Å²) in [4.78, 5) is 22.9. The van der Waals surface area contributed by atoms with Gasteiger partial charge in [0, 0.05) is 32.4 Å². The van der Waals surface area contributed by atoms with E-state index in [4.69, 9.17) is 19.2 Å². The van der Waals surface area contributed by atoms with E-state index < -0.39 is 11.7 Å². The Morgan fingerprint density at radius 1 is 1.21 bits per heavy atom. The topological polar surface area (TPSA) is 88.7 Å². The molecular formula is C30H41FN4O4. The molecule has 3 aromatic rings. The number of ether oxygens (including phenoxy) is 3. The number of aromatic nitrogens is 2. The highest BCUT2D eigenvalue weighted by atomic mass is 19.1. The van der Waals surface area contributed by atoms with E-state index in [0.29, 0.717) is 25.0 Å². The van der Waals surface area contributed by atoms with E-state index >= 15 is 0 Å². The van der Waals surface area contributed by atoms with Crippen LogP contribution < -0.4 is 14.8 Å². The number of aromatic amines is 1. The third kappa shape index (κ3) is 6.13. The van der Waals surface area contributed by atoms with Crippen LogP contribution in [0.1, 0.15) is 56.0 Å². The van der Waals surface area contributed by atoms with Crippen LogP contribution in [0.25, 0.3) is 11.0 Å². The molecule has 0 radical (unpaired) electrons. The molecular weight excluding hydrogens is 499 g/mol. The third-order valence-electron chi connectivity index (χ3n) is 7.92. The molecule has 8 nitrogen and oxygen atoms in total. The minimum absolute atomic E-state index is 0.0203. The summed E-state index contributed by atoms with van der Waals surface area (Å²) < 4.78 is 31.1. The van der Waals surface area contributed by atoms with Crippen molar-refractivity contribution in [3.8, 4) is 11.5 Å². The van der Waals surface area contributed by atoms with E-state index in [9.17, 15) is 9.18 Å². The lowest BCUT2D eigenvalue weighted by atomic mass is 9.65. The van der Waals surface area contributed by atoms with Gasteiger partial charge in [-0.3, -0.25) is 0 Å². The number of nitrogens with zero attached hydrogens (tertiary/aromatic N) is 2. The normalized spacial score (nSPS) is 18.8. The van der Waals surface area contributed by atoms with Crippen LogP contribution in [0.5, 0.6) is 11.5 Å². The molecule has 4 rings (SSSR count). The number of alkyl carbamates (subject to hydrolysis) is 1. The molecule has 1 aliphatic rings. The highest BCUT2D eigenvalue weighted by molar-refractivity contribution is 5.87. The van der Waals surface area contributed by atoms with Gasteiger partial charge < -0.3 is 29.4 Å². The van der Waals surface area contributed by atoms with Crippen molar-refractivity contribution in [2.75, 3.05) is 41.4 Å². The highest BCUT2D eigenvalue weighted by Crippen LogP contribution is 2.48. The molecule has 1 aromatic heterocycles. The zero-order valence-corrected chi connectivity index (χ0v) is 23.9. The van der Waals surface area contributed by atoms with Crippen molar-refractivity contribution in [1.29, 1.82) is 0 Å². The van der Waals surface area contributed by atoms with Crippen molar-refractivity contribution < 1.29 is 23.4 Å². The second kappa shape index (κ2) is 12.2. The maximum Gasteiger partial charge on any atom is 0.407 e. The van der Waals surface area contributed by atoms with Crippen molar-refractivity contribution in [2.45, 2.75) is 57.5 Å². The van der Waals surface area contributed by atoms with Gasteiger partial charge in [0.25, 0.3) is 0 Å². The Hall–Kier alpha value is -3.33. The summed E-state index contributed by atoms with van der Waals surface area (Å²) in [5.41, 5.74) is 3.03. The molecule has 39 heavy (non-hydrogen) atoms. The first-order chi connectivity index (χ1) is 18.7. The molecule has 0 unspecified atom stereocenters. The van der Waals surface area contributed by atoms with Crippen LogP contribution in [0.15, 0.2) is 30.3 Å². The Bertz CT molecular complexity index is 1250. The third-order valence-corrected chi connectivity index (χ3v) is 7.92. The minimum atomic E-state index is -0.667. The zero-order valence-electron chi connectivity index (χ0n) is 23.9. The van der Waals surface area contributed by atoms with Crippen molar-refractivity contribution in [1.82, 2.24) is 20.2 Å². The number of aryl methyl sites for hydroxylation is 2. The molecule has 1 aliphatic carbocycles. The summed E-state index contributed by atoms with van der Waals surface area (Å²) in [5, 5.41) is 2.63. The fraction of sp³-hybridized carbons (Fsp3) is 0.533. The summed E-state index contributed by atoms with van der Waals surface area (Å²) in [5.74, 6) is 2.30. The lowest BCUT2D eigenvalue weighted by Crippen LogP contribution is -2.49. The predicted molar refractivity (Wildman–Crippen MR) is 150 cm³/mol. The van der Waals surface area contributed by atoms with Gasteiger partial charge >= 0.3 is 6.09 Å². The fourth-order valence-electron chi connectivity index (χ4n) is 6.08. The first kappa shape index (κ1) is 28.7. The molecule has 2 atom stereocenters. The summed E-state index contributed by atoms with van der Waals surface area (Å²) in [6.07, 6.45) is 3.28. The van der Waals surface area contributed by atoms with Crippen molar-refractivity contribution >= 4 is 17.1 Å². The number of hydrogen-bond acceptors (Lipinski definition) is 6. The van der Waals surface area contributed by atoms with Gasteiger partial charge in [-0.05, 0) is 74.2 Å². The average molecular weight is 541 g/mol. The summed E-state index contributed by atoms with van der Waals surface area (Å²) in [7, 11) is 6.96. The van der Waals surface area contributed by atoms with Crippen LogP contribution in [0.3, 0.4) is 0 Å². The number of carbonyl (C=O) groups excluding carboxylic acids is 1. The minimum Gasteiger partial charge on any atom is -0.494 e. The smallest absolute Gasteiger partial charge is 0.407 e. The number of fused-ring (bicyclic) bond motifs is 2. The number of benzene rings is 2. The number of rotatable bonds is 11. The molecule has 9 heteroatoms. The highest BCUT2D eigenvalue weighted by Gasteiger charge is 2.47.